The number of amides is 2. The van der Waals surface area contributed by atoms with Crippen molar-refractivity contribution in [1.29, 1.82) is 0 Å². The van der Waals surface area contributed by atoms with Crippen molar-refractivity contribution in [2.75, 3.05) is 13.1 Å². The van der Waals surface area contributed by atoms with Crippen molar-refractivity contribution in [3.8, 4) is 0 Å². The fraction of sp³-hybridized carbons (Fsp3) is 0.636. The third-order valence-electron chi connectivity index (χ3n) is 5.61. The predicted octanol–water partition coefficient (Wildman–Crippen LogP) is 3.83. The smallest absolute Gasteiger partial charge is 0.410 e. The lowest BCUT2D eigenvalue weighted by atomic mass is 9.92. The molecule has 0 bridgehead atoms. The molecule has 0 radical (unpaired) electrons. The van der Waals surface area contributed by atoms with Crippen LogP contribution in [-0.2, 0) is 16.0 Å². The van der Waals surface area contributed by atoms with Crippen molar-refractivity contribution in [3.63, 3.8) is 0 Å². The Labute approximate surface area is 162 Å². The summed E-state index contributed by atoms with van der Waals surface area (Å²) in [6.45, 7) is 9.00. The molecule has 1 heterocycles. The normalized spacial score (nSPS) is 19.5. The van der Waals surface area contributed by atoms with E-state index in [1.54, 1.807) is 4.90 Å². The van der Waals surface area contributed by atoms with Crippen LogP contribution in [0.25, 0.3) is 0 Å². The van der Waals surface area contributed by atoms with E-state index in [0.29, 0.717) is 13.1 Å². The van der Waals surface area contributed by atoms with Gasteiger partial charge in [0.2, 0.25) is 5.91 Å². The van der Waals surface area contributed by atoms with Gasteiger partial charge in [0.1, 0.15) is 5.60 Å². The number of nitrogens with one attached hydrogen (secondary N) is 1. The van der Waals surface area contributed by atoms with Crippen molar-refractivity contribution in [1.82, 2.24) is 10.2 Å². The van der Waals surface area contributed by atoms with E-state index in [9.17, 15) is 9.59 Å². The summed E-state index contributed by atoms with van der Waals surface area (Å²) in [5.41, 5.74) is 1.82. The minimum Gasteiger partial charge on any atom is -0.444 e. The largest absolute Gasteiger partial charge is 0.444 e. The summed E-state index contributed by atoms with van der Waals surface area (Å²) in [6, 6.07) is 8.46. The molecular formula is C22H32N2O3. The number of carbonyl (C=O) groups is 2. The van der Waals surface area contributed by atoms with E-state index in [1.165, 1.54) is 11.1 Å². The Bertz CT molecular complexity index is 696. The van der Waals surface area contributed by atoms with Crippen molar-refractivity contribution >= 4 is 12.0 Å². The van der Waals surface area contributed by atoms with Gasteiger partial charge in [0.25, 0.3) is 0 Å². The summed E-state index contributed by atoms with van der Waals surface area (Å²) < 4.78 is 5.43. The molecule has 1 aliphatic carbocycles. The average molecular weight is 373 g/mol. The Morgan fingerprint density at radius 1 is 1.19 bits per heavy atom. The molecule has 1 N–H and O–H groups in total. The number of carbonyl (C=O) groups excluding carboxylic acids is 2. The van der Waals surface area contributed by atoms with Crippen LogP contribution in [0.3, 0.4) is 0 Å². The van der Waals surface area contributed by atoms with Gasteiger partial charge in [-0.1, -0.05) is 24.3 Å². The third-order valence-corrected chi connectivity index (χ3v) is 5.61. The molecule has 1 saturated heterocycles. The Morgan fingerprint density at radius 3 is 2.37 bits per heavy atom. The number of likely N-dealkylation sites (tertiary alicyclic amines) is 1. The number of piperidine rings is 1. The number of rotatable bonds is 4. The first-order valence-electron chi connectivity index (χ1n) is 10.0. The zero-order valence-electron chi connectivity index (χ0n) is 17.0. The monoisotopic (exact) mass is 372 g/mol. The molecule has 5 heteroatoms. The van der Waals surface area contributed by atoms with Gasteiger partial charge in [0.15, 0.2) is 0 Å². The van der Waals surface area contributed by atoms with Crippen LogP contribution in [0.2, 0.25) is 0 Å². The molecule has 1 aromatic carbocycles. The Kier molecular flexibility index (Phi) is 5.50. The van der Waals surface area contributed by atoms with E-state index >= 15 is 0 Å². The zero-order valence-corrected chi connectivity index (χ0v) is 17.0. The summed E-state index contributed by atoms with van der Waals surface area (Å²) in [7, 11) is 0. The zero-order chi connectivity index (χ0) is 19.7. The van der Waals surface area contributed by atoms with Crippen LogP contribution in [0, 0.1) is 12.3 Å². The van der Waals surface area contributed by atoms with Crippen molar-refractivity contribution in [3.05, 3.63) is 35.4 Å². The standard InChI is InChI=1S/C22H32N2O3/c1-16-7-5-6-8-17(16)15-22(11-12-22)19(25)23-18-9-13-24(14-10-18)20(26)27-21(2,3)4/h5-8,18H,9-15H2,1-4H3,(H,23,25). The SMILES string of the molecule is Cc1ccccc1CC1(C(=O)NC2CCN(C(=O)OC(C)(C)C)CC2)CC1. The van der Waals surface area contributed by atoms with Gasteiger partial charge in [0, 0.05) is 19.1 Å². The van der Waals surface area contributed by atoms with Crippen LogP contribution in [0.5, 0.6) is 0 Å². The molecule has 1 aliphatic heterocycles. The number of benzene rings is 1. The second-order valence-electron chi connectivity index (χ2n) is 9.10. The number of nitrogens with zero attached hydrogens (tertiary/aromatic N) is 1. The fourth-order valence-electron chi connectivity index (χ4n) is 3.68. The molecule has 148 valence electrons. The van der Waals surface area contributed by atoms with Gasteiger partial charge in [-0.2, -0.15) is 0 Å². The highest BCUT2D eigenvalue weighted by atomic mass is 16.6. The maximum atomic E-state index is 12.9. The molecule has 27 heavy (non-hydrogen) atoms. The third kappa shape index (κ3) is 5.02. The average Bonchev–Trinajstić information content (AvgIpc) is 3.37. The van der Waals surface area contributed by atoms with Crippen LogP contribution < -0.4 is 5.32 Å². The van der Waals surface area contributed by atoms with Gasteiger partial charge in [-0.3, -0.25) is 4.79 Å². The predicted molar refractivity (Wildman–Crippen MR) is 106 cm³/mol. The van der Waals surface area contributed by atoms with Gasteiger partial charge < -0.3 is 15.0 Å². The molecule has 0 spiro atoms. The first-order valence-corrected chi connectivity index (χ1v) is 10.0. The van der Waals surface area contributed by atoms with E-state index in [4.69, 9.17) is 4.74 Å². The van der Waals surface area contributed by atoms with Crippen LogP contribution in [-0.4, -0.2) is 41.6 Å². The summed E-state index contributed by atoms with van der Waals surface area (Å²) in [6.07, 6.45) is 4.05. The Morgan fingerprint density at radius 2 is 1.81 bits per heavy atom. The van der Waals surface area contributed by atoms with Gasteiger partial charge in [0.05, 0.1) is 5.41 Å². The highest BCUT2D eigenvalue weighted by molar-refractivity contribution is 5.86. The van der Waals surface area contributed by atoms with Gasteiger partial charge in [-0.15, -0.1) is 0 Å². The molecule has 1 aromatic rings. The second-order valence-corrected chi connectivity index (χ2v) is 9.10. The molecule has 2 aliphatic rings. The van der Waals surface area contributed by atoms with Crippen LogP contribution in [0.1, 0.15) is 57.6 Å². The van der Waals surface area contributed by atoms with Crippen LogP contribution in [0.15, 0.2) is 24.3 Å². The highest BCUT2D eigenvalue weighted by Crippen LogP contribution is 2.49. The number of ether oxygens (including phenoxy) is 1. The molecule has 5 nitrogen and oxygen atoms in total. The lowest BCUT2D eigenvalue weighted by molar-refractivity contribution is -0.127. The fourth-order valence-corrected chi connectivity index (χ4v) is 3.68. The van der Waals surface area contributed by atoms with Gasteiger partial charge in [-0.25, -0.2) is 4.79 Å². The number of aryl methyl sites for hydroxylation is 1. The van der Waals surface area contributed by atoms with Crippen LogP contribution >= 0.6 is 0 Å². The maximum absolute atomic E-state index is 12.9. The molecule has 1 saturated carbocycles. The second kappa shape index (κ2) is 7.53. The Hall–Kier alpha value is -2.04. The van der Waals surface area contributed by atoms with E-state index in [-0.39, 0.29) is 23.5 Å². The molecule has 3 rings (SSSR count). The van der Waals surface area contributed by atoms with E-state index in [2.05, 4.69) is 24.4 Å². The first-order chi connectivity index (χ1) is 12.7. The van der Waals surface area contributed by atoms with E-state index in [1.807, 2.05) is 32.9 Å². The molecule has 2 fully saturated rings. The summed E-state index contributed by atoms with van der Waals surface area (Å²) in [4.78, 5) is 26.8. The summed E-state index contributed by atoms with van der Waals surface area (Å²) in [5, 5.41) is 3.25. The van der Waals surface area contributed by atoms with Crippen molar-refractivity contribution in [2.45, 2.75) is 71.4 Å². The molecular weight excluding hydrogens is 340 g/mol. The topological polar surface area (TPSA) is 58.6 Å². The summed E-state index contributed by atoms with van der Waals surface area (Å²) >= 11 is 0. The van der Waals surface area contributed by atoms with Gasteiger partial charge in [-0.05, 0) is 70.9 Å². The molecule has 2 amide bonds. The van der Waals surface area contributed by atoms with E-state index < -0.39 is 5.60 Å². The van der Waals surface area contributed by atoms with Gasteiger partial charge >= 0.3 is 6.09 Å². The maximum Gasteiger partial charge on any atom is 0.410 e. The highest BCUT2D eigenvalue weighted by Gasteiger charge is 2.50. The minimum absolute atomic E-state index is 0.144. The van der Waals surface area contributed by atoms with Crippen LogP contribution in [0.4, 0.5) is 4.79 Å². The lowest BCUT2D eigenvalue weighted by Gasteiger charge is -2.34. The Balaban J connectivity index is 1.50. The van der Waals surface area contributed by atoms with E-state index in [0.717, 1.165) is 32.1 Å². The van der Waals surface area contributed by atoms with Crippen molar-refractivity contribution in [2.24, 2.45) is 5.41 Å². The quantitative estimate of drug-likeness (QED) is 0.874. The minimum atomic E-state index is -0.476. The molecule has 0 aromatic heterocycles. The van der Waals surface area contributed by atoms with Crippen molar-refractivity contribution < 1.29 is 14.3 Å². The first kappa shape index (κ1) is 19.7. The number of hydrogen-bond acceptors (Lipinski definition) is 3. The molecule has 0 unspecified atom stereocenters. The summed E-state index contributed by atoms with van der Waals surface area (Å²) in [5.74, 6) is 0.182. The molecule has 0 atom stereocenters. The lowest BCUT2D eigenvalue weighted by Crippen LogP contribution is -2.49. The number of hydrogen-bond donors (Lipinski definition) is 1.